The van der Waals surface area contributed by atoms with Gasteiger partial charge in [0.05, 0.1) is 13.0 Å². The fraction of sp³-hybridized carbons (Fsp3) is 0.389. The van der Waals surface area contributed by atoms with Crippen molar-refractivity contribution in [2.24, 2.45) is 0 Å². The third kappa shape index (κ3) is 6.93. The molecule has 1 aromatic carbocycles. The Hall–Kier alpha value is -1.83. The van der Waals surface area contributed by atoms with E-state index in [9.17, 15) is 4.79 Å². The Balaban J connectivity index is 2.27. The summed E-state index contributed by atoms with van der Waals surface area (Å²) in [4.78, 5) is 11.6. The van der Waals surface area contributed by atoms with Gasteiger partial charge >= 0.3 is 5.97 Å². The lowest BCUT2D eigenvalue weighted by molar-refractivity contribution is -0.142. The zero-order chi connectivity index (χ0) is 14.8. The molecule has 108 valence electrons. The van der Waals surface area contributed by atoms with Gasteiger partial charge in [-0.1, -0.05) is 60.6 Å². The number of benzene rings is 1. The average Bonchev–Trinajstić information content (AvgIpc) is 2.44. The van der Waals surface area contributed by atoms with Crippen molar-refractivity contribution in [1.29, 1.82) is 0 Å². The van der Waals surface area contributed by atoms with Crippen LogP contribution in [0, 0.1) is 0 Å². The number of ether oxygens (including phenoxy) is 1. The number of esters is 1. The monoisotopic (exact) mass is 272 g/mol. The molecule has 0 aliphatic heterocycles. The Morgan fingerprint density at radius 2 is 1.90 bits per heavy atom. The van der Waals surface area contributed by atoms with E-state index in [0.717, 1.165) is 18.4 Å². The molecule has 0 aromatic heterocycles. The molecule has 0 N–H and O–H groups in total. The Bertz CT molecular complexity index is 469. The highest BCUT2D eigenvalue weighted by Crippen LogP contribution is 2.06. The molecule has 0 aliphatic rings. The van der Waals surface area contributed by atoms with Gasteiger partial charge < -0.3 is 4.74 Å². The van der Waals surface area contributed by atoms with Gasteiger partial charge in [0.1, 0.15) is 0 Å². The highest BCUT2D eigenvalue weighted by molar-refractivity contribution is 5.72. The molecule has 0 amide bonds. The van der Waals surface area contributed by atoms with Crippen LogP contribution < -0.4 is 0 Å². The second kappa shape index (κ2) is 9.13. The highest BCUT2D eigenvalue weighted by Gasteiger charge is 2.03. The van der Waals surface area contributed by atoms with Crippen LogP contribution in [0.2, 0.25) is 0 Å². The van der Waals surface area contributed by atoms with Crippen molar-refractivity contribution in [2.45, 2.75) is 40.0 Å². The molecular weight excluding hydrogens is 248 g/mol. The normalized spacial score (nSPS) is 12.3. The first-order chi connectivity index (χ1) is 9.61. The summed E-state index contributed by atoms with van der Waals surface area (Å²) in [5.41, 5.74) is 3.58. The van der Waals surface area contributed by atoms with E-state index in [0.29, 0.717) is 13.0 Å². The first kappa shape index (κ1) is 16.2. The summed E-state index contributed by atoms with van der Waals surface area (Å²) in [5, 5.41) is 0. The molecule has 1 rings (SSSR count). The van der Waals surface area contributed by atoms with Crippen molar-refractivity contribution in [3.8, 4) is 0 Å². The molecule has 0 saturated heterocycles. The fourth-order valence-corrected chi connectivity index (χ4v) is 1.82. The lowest BCUT2D eigenvalue weighted by atomic mass is 10.1. The molecule has 2 nitrogen and oxygen atoms in total. The number of rotatable bonds is 7. The topological polar surface area (TPSA) is 26.3 Å². The van der Waals surface area contributed by atoms with Gasteiger partial charge in [-0.05, 0) is 25.8 Å². The zero-order valence-corrected chi connectivity index (χ0v) is 12.7. The maximum Gasteiger partial charge on any atom is 0.310 e. The van der Waals surface area contributed by atoms with Gasteiger partial charge in [0, 0.05) is 6.42 Å². The number of hydrogen-bond acceptors (Lipinski definition) is 2. The summed E-state index contributed by atoms with van der Waals surface area (Å²) in [6, 6.07) is 9.66. The van der Waals surface area contributed by atoms with Crippen molar-refractivity contribution in [2.75, 3.05) is 6.61 Å². The largest absolute Gasteiger partial charge is 0.465 e. The first-order valence-corrected chi connectivity index (χ1v) is 7.15. The van der Waals surface area contributed by atoms with Gasteiger partial charge in [-0.25, -0.2) is 0 Å². The number of hydrogen-bond donors (Lipinski definition) is 0. The molecule has 0 aliphatic carbocycles. The molecule has 2 heteroatoms. The second-order valence-corrected chi connectivity index (χ2v) is 4.96. The predicted octanol–water partition coefficient (Wildman–Crippen LogP) is 4.47. The van der Waals surface area contributed by atoms with E-state index in [4.69, 9.17) is 4.74 Å². The number of carbonyl (C=O) groups excluding carboxylic acids is 1. The Morgan fingerprint density at radius 1 is 1.20 bits per heavy atom. The Kier molecular flexibility index (Phi) is 7.41. The smallest absolute Gasteiger partial charge is 0.310 e. The summed E-state index contributed by atoms with van der Waals surface area (Å²) >= 11 is 0. The Morgan fingerprint density at radius 3 is 2.55 bits per heavy atom. The molecule has 0 radical (unpaired) electrons. The van der Waals surface area contributed by atoms with Gasteiger partial charge in [-0.2, -0.15) is 0 Å². The fourth-order valence-electron chi connectivity index (χ4n) is 1.82. The quantitative estimate of drug-likeness (QED) is 0.416. The van der Waals surface area contributed by atoms with Crippen molar-refractivity contribution in [3.63, 3.8) is 0 Å². The maximum atomic E-state index is 11.6. The van der Waals surface area contributed by atoms with E-state index in [1.165, 1.54) is 11.1 Å². The molecule has 1 aromatic rings. The molecule has 0 heterocycles. The van der Waals surface area contributed by atoms with Crippen LogP contribution in [0.5, 0.6) is 0 Å². The molecule has 0 bridgehead atoms. The highest BCUT2D eigenvalue weighted by atomic mass is 16.5. The van der Waals surface area contributed by atoms with Crippen LogP contribution in [0.4, 0.5) is 0 Å². The third-order valence-electron chi connectivity index (χ3n) is 3.07. The van der Waals surface area contributed by atoms with Gasteiger partial charge in [0.2, 0.25) is 0 Å². The van der Waals surface area contributed by atoms with Gasteiger partial charge in [-0.3, -0.25) is 4.79 Å². The summed E-state index contributed by atoms with van der Waals surface area (Å²) in [7, 11) is 0. The number of carbonyl (C=O) groups is 1. The van der Waals surface area contributed by atoms with Crippen molar-refractivity contribution in [1.82, 2.24) is 0 Å². The Labute approximate surface area is 122 Å². The van der Waals surface area contributed by atoms with Crippen LogP contribution in [0.15, 0.2) is 53.6 Å². The molecule has 0 saturated carbocycles. The minimum atomic E-state index is -0.164. The molecule has 0 spiro atoms. The van der Waals surface area contributed by atoms with Crippen LogP contribution in [0.25, 0.3) is 0 Å². The molecule has 0 fully saturated rings. The summed E-state index contributed by atoms with van der Waals surface area (Å²) in [5.74, 6) is -0.164. The molecule has 20 heavy (non-hydrogen) atoms. The van der Waals surface area contributed by atoms with Crippen LogP contribution in [-0.2, 0) is 16.0 Å². The SMILES string of the molecule is CC/C(C)=C/C(C)=C/CCOC(=O)Cc1ccccc1. The van der Waals surface area contributed by atoms with Crippen molar-refractivity contribution >= 4 is 5.97 Å². The van der Waals surface area contributed by atoms with E-state index >= 15 is 0 Å². The standard InChI is InChI=1S/C18H24O2/c1-4-15(2)13-16(3)9-8-12-20-18(19)14-17-10-6-5-7-11-17/h5-7,9-11,13H,4,8,12,14H2,1-3H3/b15-13+,16-9+. The van der Waals surface area contributed by atoms with E-state index in [1.807, 2.05) is 30.3 Å². The van der Waals surface area contributed by atoms with Gasteiger partial charge in [0.25, 0.3) is 0 Å². The lowest BCUT2D eigenvalue weighted by Crippen LogP contribution is -2.08. The number of allylic oxidation sites excluding steroid dienone is 3. The molecule has 0 unspecified atom stereocenters. The molecular formula is C18H24O2. The van der Waals surface area contributed by atoms with E-state index in [-0.39, 0.29) is 5.97 Å². The first-order valence-electron chi connectivity index (χ1n) is 7.15. The summed E-state index contributed by atoms with van der Waals surface area (Å²) in [6.07, 6.45) is 6.45. The minimum Gasteiger partial charge on any atom is -0.465 e. The van der Waals surface area contributed by atoms with E-state index in [1.54, 1.807) is 0 Å². The van der Waals surface area contributed by atoms with Crippen LogP contribution >= 0.6 is 0 Å². The third-order valence-corrected chi connectivity index (χ3v) is 3.07. The average molecular weight is 272 g/mol. The summed E-state index contributed by atoms with van der Waals surface area (Å²) < 4.78 is 5.22. The van der Waals surface area contributed by atoms with Crippen molar-refractivity contribution in [3.05, 3.63) is 59.2 Å². The van der Waals surface area contributed by atoms with Crippen LogP contribution in [0.1, 0.15) is 39.2 Å². The van der Waals surface area contributed by atoms with E-state index in [2.05, 4.69) is 32.9 Å². The van der Waals surface area contributed by atoms with Crippen molar-refractivity contribution < 1.29 is 9.53 Å². The van der Waals surface area contributed by atoms with E-state index < -0.39 is 0 Å². The molecule has 0 atom stereocenters. The maximum absolute atomic E-state index is 11.6. The predicted molar refractivity (Wildman–Crippen MR) is 83.5 cm³/mol. The summed E-state index contributed by atoms with van der Waals surface area (Å²) in [6.45, 7) is 6.79. The second-order valence-electron chi connectivity index (χ2n) is 4.96. The van der Waals surface area contributed by atoms with Crippen LogP contribution in [0.3, 0.4) is 0 Å². The zero-order valence-electron chi connectivity index (χ0n) is 12.7. The van der Waals surface area contributed by atoms with Crippen LogP contribution in [-0.4, -0.2) is 12.6 Å². The minimum absolute atomic E-state index is 0.164. The lowest BCUT2D eigenvalue weighted by Gasteiger charge is -2.03. The van der Waals surface area contributed by atoms with Gasteiger partial charge in [0.15, 0.2) is 0 Å². The van der Waals surface area contributed by atoms with Gasteiger partial charge in [-0.15, -0.1) is 0 Å².